The van der Waals surface area contributed by atoms with E-state index >= 15 is 0 Å². The van der Waals surface area contributed by atoms with Gasteiger partial charge in [-0.25, -0.2) is 4.39 Å². The SMILES string of the molecule is CCNC1CCC(N(C)C(=O)Cc2ccccc2F)CC1. The second-order valence-electron chi connectivity index (χ2n) is 5.84. The van der Waals surface area contributed by atoms with Crippen molar-refractivity contribution in [2.24, 2.45) is 0 Å². The molecule has 116 valence electrons. The van der Waals surface area contributed by atoms with Crippen LogP contribution in [-0.4, -0.2) is 36.5 Å². The molecule has 1 aromatic carbocycles. The molecular weight excluding hydrogens is 267 g/mol. The van der Waals surface area contributed by atoms with Crippen molar-refractivity contribution >= 4 is 5.91 Å². The van der Waals surface area contributed by atoms with Gasteiger partial charge in [0.25, 0.3) is 0 Å². The molecule has 0 radical (unpaired) electrons. The van der Waals surface area contributed by atoms with E-state index in [-0.39, 0.29) is 18.1 Å². The van der Waals surface area contributed by atoms with Gasteiger partial charge in [-0.1, -0.05) is 25.1 Å². The van der Waals surface area contributed by atoms with Crippen molar-refractivity contribution < 1.29 is 9.18 Å². The van der Waals surface area contributed by atoms with Crippen LogP contribution in [0.2, 0.25) is 0 Å². The predicted molar refractivity (Wildman–Crippen MR) is 82.6 cm³/mol. The van der Waals surface area contributed by atoms with E-state index in [1.54, 1.807) is 18.2 Å². The van der Waals surface area contributed by atoms with Gasteiger partial charge in [-0.3, -0.25) is 4.79 Å². The molecule has 4 heteroatoms. The minimum absolute atomic E-state index is 0.00648. The van der Waals surface area contributed by atoms with Crippen LogP contribution in [0.4, 0.5) is 4.39 Å². The van der Waals surface area contributed by atoms with Crippen molar-refractivity contribution in [3.63, 3.8) is 0 Å². The summed E-state index contributed by atoms with van der Waals surface area (Å²) in [4.78, 5) is 14.1. The van der Waals surface area contributed by atoms with Crippen LogP contribution in [0.15, 0.2) is 24.3 Å². The Balaban J connectivity index is 1.87. The summed E-state index contributed by atoms with van der Waals surface area (Å²) in [5.41, 5.74) is 0.482. The second kappa shape index (κ2) is 7.55. The summed E-state index contributed by atoms with van der Waals surface area (Å²) in [6.45, 7) is 3.12. The van der Waals surface area contributed by atoms with Crippen LogP contribution in [0, 0.1) is 5.82 Å². The molecule has 0 spiro atoms. The molecule has 1 amide bonds. The molecule has 1 saturated carbocycles. The first-order valence-electron chi connectivity index (χ1n) is 7.84. The first-order valence-corrected chi connectivity index (χ1v) is 7.84. The second-order valence-corrected chi connectivity index (χ2v) is 5.84. The van der Waals surface area contributed by atoms with E-state index in [0.717, 1.165) is 32.2 Å². The van der Waals surface area contributed by atoms with Crippen LogP contribution in [-0.2, 0) is 11.2 Å². The lowest BCUT2D eigenvalue weighted by molar-refractivity contribution is -0.131. The number of amides is 1. The number of carbonyl (C=O) groups excluding carboxylic acids is 1. The lowest BCUT2D eigenvalue weighted by Gasteiger charge is -2.35. The molecule has 2 rings (SSSR count). The molecule has 0 unspecified atom stereocenters. The number of rotatable bonds is 5. The van der Waals surface area contributed by atoms with Gasteiger partial charge in [-0.05, 0) is 43.9 Å². The average Bonchev–Trinajstić information content (AvgIpc) is 2.50. The molecule has 1 aromatic rings. The van der Waals surface area contributed by atoms with Crippen LogP contribution >= 0.6 is 0 Å². The number of hydrogen-bond donors (Lipinski definition) is 1. The molecule has 0 atom stereocenters. The van der Waals surface area contributed by atoms with Crippen LogP contribution in [0.1, 0.15) is 38.2 Å². The summed E-state index contributed by atoms with van der Waals surface area (Å²) < 4.78 is 13.6. The Kier molecular flexibility index (Phi) is 5.74. The third-order valence-corrected chi connectivity index (χ3v) is 4.43. The average molecular weight is 292 g/mol. The maximum absolute atomic E-state index is 13.6. The first-order chi connectivity index (χ1) is 10.1. The highest BCUT2D eigenvalue weighted by molar-refractivity contribution is 5.78. The monoisotopic (exact) mass is 292 g/mol. The van der Waals surface area contributed by atoms with Crippen molar-refractivity contribution in [3.8, 4) is 0 Å². The highest BCUT2D eigenvalue weighted by Gasteiger charge is 2.26. The van der Waals surface area contributed by atoms with Gasteiger partial charge in [-0.15, -0.1) is 0 Å². The molecule has 0 aliphatic heterocycles. The summed E-state index contributed by atoms with van der Waals surface area (Å²) in [6, 6.07) is 7.39. The Morgan fingerprint density at radius 2 is 1.95 bits per heavy atom. The number of nitrogens with one attached hydrogen (secondary N) is 1. The van der Waals surface area contributed by atoms with Crippen LogP contribution in [0.25, 0.3) is 0 Å². The van der Waals surface area contributed by atoms with Gasteiger partial charge in [0.05, 0.1) is 6.42 Å². The Morgan fingerprint density at radius 1 is 1.29 bits per heavy atom. The molecule has 1 fully saturated rings. The number of likely N-dealkylation sites (N-methyl/N-ethyl adjacent to an activating group) is 1. The van der Waals surface area contributed by atoms with Crippen molar-refractivity contribution in [2.45, 2.75) is 51.1 Å². The van der Waals surface area contributed by atoms with E-state index in [1.165, 1.54) is 6.07 Å². The van der Waals surface area contributed by atoms with Gasteiger partial charge < -0.3 is 10.2 Å². The Labute approximate surface area is 126 Å². The summed E-state index contributed by atoms with van der Waals surface area (Å²) in [5, 5.41) is 3.47. The van der Waals surface area contributed by atoms with Crippen molar-refractivity contribution in [1.29, 1.82) is 0 Å². The third-order valence-electron chi connectivity index (χ3n) is 4.43. The molecule has 1 N–H and O–H groups in total. The standard InChI is InChI=1S/C17H25FN2O/c1-3-19-14-8-10-15(11-9-14)20(2)17(21)12-13-6-4-5-7-16(13)18/h4-7,14-15,19H,3,8-12H2,1-2H3. The fourth-order valence-corrected chi connectivity index (χ4v) is 3.09. The number of carbonyl (C=O) groups is 1. The Bertz CT molecular complexity index is 470. The highest BCUT2D eigenvalue weighted by Crippen LogP contribution is 2.23. The highest BCUT2D eigenvalue weighted by atomic mass is 19.1. The Morgan fingerprint density at radius 3 is 2.57 bits per heavy atom. The molecule has 0 heterocycles. The van der Waals surface area contributed by atoms with Gasteiger partial charge >= 0.3 is 0 Å². The zero-order valence-electron chi connectivity index (χ0n) is 12.9. The van der Waals surface area contributed by atoms with Crippen LogP contribution in [0.5, 0.6) is 0 Å². The summed E-state index contributed by atoms with van der Waals surface area (Å²) >= 11 is 0. The smallest absolute Gasteiger partial charge is 0.227 e. The normalized spacial score (nSPS) is 22.0. The van der Waals surface area contributed by atoms with E-state index in [4.69, 9.17) is 0 Å². The molecule has 0 aromatic heterocycles. The van der Waals surface area contributed by atoms with Crippen molar-refractivity contribution in [3.05, 3.63) is 35.6 Å². The predicted octanol–water partition coefficient (Wildman–Crippen LogP) is 2.75. The number of benzene rings is 1. The molecule has 21 heavy (non-hydrogen) atoms. The summed E-state index contributed by atoms with van der Waals surface area (Å²) in [6.07, 6.45) is 4.41. The van der Waals surface area contributed by atoms with Crippen LogP contribution in [0.3, 0.4) is 0 Å². The largest absolute Gasteiger partial charge is 0.342 e. The molecule has 3 nitrogen and oxygen atoms in total. The lowest BCUT2D eigenvalue weighted by atomic mass is 9.90. The zero-order valence-corrected chi connectivity index (χ0v) is 12.9. The molecule has 0 saturated heterocycles. The van der Waals surface area contributed by atoms with Crippen LogP contribution < -0.4 is 5.32 Å². The summed E-state index contributed by atoms with van der Waals surface area (Å²) in [5.74, 6) is -0.290. The van der Waals surface area contributed by atoms with E-state index in [9.17, 15) is 9.18 Å². The van der Waals surface area contributed by atoms with Gasteiger partial charge in [-0.2, -0.15) is 0 Å². The third kappa shape index (κ3) is 4.27. The first kappa shape index (κ1) is 16.0. The fraction of sp³-hybridized carbons (Fsp3) is 0.588. The van der Waals surface area contributed by atoms with E-state index in [0.29, 0.717) is 17.6 Å². The van der Waals surface area contributed by atoms with Gasteiger partial charge in [0.15, 0.2) is 0 Å². The zero-order chi connectivity index (χ0) is 15.2. The maximum Gasteiger partial charge on any atom is 0.227 e. The molecule has 1 aliphatic carbocycles. The van der Waals surface area contributed by atoms with E-state index < -0.39 is 0 Å². The van der Waals surface area contributed by atoms with Crippen molar-refractivity contribution in [2.75, 3.05) is 13.6 Å². The van der Waals surface area contributed by atoms with E-state index in [2.05, 4.69) is 12.2 Å². The van der Waals surface area contributed by atoms with E-state index in [1.807, 2.05) is 11.9 Å². The van der Waals surface area contributed by atoms with Gasteiger partial charge in [0.2, 0.25) is 5.91 Å². The lowest BCUT2D eigenvalue weighted by Crippen LogP contribution is -2.43. The number of hydrogen-bond acceptors (Lipinski definition) is 2. The minimum atomic E-state index is -0.296. The summed E-state index contributed by atoms with van der Waals surface area (Å²) in [7, 11) is 1.85. The van der Waals surface area contributed by atoms with Gasteiger partial charge in [0, 0.05) is 19.1 Å². The molecule has 1 aliphatic rings. The molecular formula is C17H25FN2O. The number of nitrogens with zero attached hydrogens (tertiary/aromatic N) is 1. The maximum atomic E-state index is 13.6. The van der Waals surface area contributed by atoms with Crippen molar-refractivity contribution in [1.82, 2.24) is 10.2 Å². The molecule has 0 bridgehead atoms. The minimum Gasteiger partial charge on any atom is -0.342 e. The fourth-order valence-electron chi connectivity index (χ4n) is 3.09. The Hall–Kier alpha value is -1.42. The topological polar surface area (TPSA) is 32.3 Å². The van der Waals surface area contributed by atoms with Gasteiger partial charge in [0.1, 0.15) is 5.82 Å². The number of halogens is 1. The quantitative estimate of drug-likeness (QED) is 0.905.